The molecule has 2 rings (SSSR count). The summed E-state index contributed by atoms with van der Waals surface area (Å²) < 4.78 is 0. The van der Waals surface area contributed by atoms with E-state index in [9.17, 15) is 4.79 Å². The molecule has 0 spiro atoms. The Labute approximate surface area is 93.2 Å². The summed E-state index contributed by atoms with van der Waals surface area (Å²) in [7, 11) is 0. The van der Waals surface area contributed by atoms with Gasteiger partial charge in [0.05, 0.1) is 5.56 Å². The molecule has 80 valence electrons. The number of amides is 1. The van der Waals surface area contributed by atoms with E-state index in [0.717, 1.165) is 25.9 Å². The predicted octanol–water partition coefficient (Wildman–Crippen LogP) is 1.48. The molecule has 0 aliphatic carbocycles. The van der Waals surface area contributed by atoms with E-state index in [-0.39, 0.29) is 11.1 Å². The molecular formula is C10H12ClN3O. The van der Waals surface area contributed by atoms with E-state index in [1.54, 1.807) is 18.3 Å². The summed E-state index contributed by atoms with van der Waals surface area (Å²) in [4.78, 5) is 15.6. The number of hydrogen-bond acceptors (Lipinski definition) is 3. The second-order valence-corrected chi connectivity index (χ2v) is 3.83. The number of nitrogens with one attached hydrogen (secondary N) is 1. The summed E-state index contributed by atoms with van der Waals surface area (Å²) in [5.74, 6) is -0.185. The van der Waals surface area contributed by atoms with Crippen molar-refractivity contribution in [3.63, 3.8) is 0 Å². The van der Waals surface area contributed by atoms with Crippen LogP contribution in [0.2, 0.25) is 5.15 Å². The first-order valence-electron chi connectivity index (χ1n) is 4.94. The van der Waals surface area contributed by atoms with Gasteiger partial charge in [0.25, 0.3) is 5.91 Å². The van der Waals surface area contributed by atoms with E-state index in [2.05, 4.69) is 10.4 Å². The fourth-order valence-corrected chi connectivity index (χ4v) is 1.79. The lowest BCUT2D eigenvalue weighted by molar-refractivity contribution is 0.0825. The highest BCUT2D eigenvalue weighted by atomic mass is 35.5. The lowest BCUT2D eigenvalue weighted by Gasteiger charge is -2.16. The Morgan fingerprint density at radius 3 is 2.87 bits per heavy atom. The highest BCUT2D eigenvalue weighted by molar-refractivity contribution is 6.32. The van der Waals surface area contributed by atoms with Gasteiger partial charge >= 0.3 is 0 Å². The third kappa shape index (κ3) is 2.46. The van der Waals surface area contributed by atoms with Crippen LogP contribution < -0.4 is 5.43 Å². The van der Waals surface area contributed by atoms with Crippen LogP contribution in [-0.4, -0.2) is 29.0 Å². The molecular weight excluding hydrogens is 214 g/mol. The minimum atomic E-state index is -0.185. The van der Waals surface area contributed by atoms with Crippen LogP contribution in [0, 0.1) is 0 Å². The van der Waals surface area contributed by atoms with Crippen LogP contribution in [0.1, 0.15) is 23.2 Å². The molecule has 5 heteroatoms. The number of hydrogen-bond donors (Lipinski definition) is 1. The van der Waals surface area contributed by atoms with Gasteiger partial charge in [0, 0.05) is 19.3 Å². The molecule has 1 saturated heterocycles. The van der Waals surface area contributed by atoms with Crippen LogP contribution in [0.25, 0.3) is 0 Å². The molecule has 1 aliphatic rings. The first kappa shape index (κ1) is 10.4. The molecule has 1 amide bonds. The normalized spacial score (nSPS) is 16.6. The van der Waals surface area contributed by atoms with Crippen molar-refractivity contribution in [3.8, 4) is 0 Å². The van der Waals surface area contributed by atoms with Crippen molar-refractivity contribution in [2.24, 2.45) is 0 Å². The summed E-state index contributed by atoms with van der Waals surface area (Å²) in [5.41, 5.74) is 3.23. The Hall–Kier alpha value is -1.13. The van der Waals surface area contributed by atoms with Crippen LogP contribution >= 0.6 is 11.6 Å². The van der Waals surface area contributed by atoms with E-state index in [1.165, 1.54) is 0 Å². The van der Waals surface area contributed by atoms with Crippen molar-refractivity contribution in [1.82, 2.24) is 15.4 Å². The molecule has 0 aromatic carbocycles. The van der Waals surface area contributed by atoms with Gasteiger partial charge in [-0.2, -0.15) is 0 Å². The molecule has 1 aliphatic heterocycles. The van der Waals surface area contributed by atoms with Crippen molar-refractivity contribution < 1.29 is 4.79 Å². The van der Waals surface area contributed by atoms with Gasteiger partial charge < -0.3 is 0 Å². The fraction of sp³-hybridized carbons (Fsp3) is 0.400. The van der Waals surface area contributed by atoms with Crippen molar-refractivity contribution in [1.29, 1.82) is 0 Å². The SMILES string of the molecule is O=C(NN1CCCC1)c1cccnc1Cl. The molecule has 1 N–H and O–H groups in total. The van der Waals surface area contributed by atoms with Crippen molar-refractivity contribution in [2.75, 3.05) is 13.1 Å². The minimum absolute atomic E-state index is 0.185. The molecule has 0 unspecified atom stereocenters. The van der Waals surface area contributed by atoms with Crippen LogP contribution in [0.5, 0.6) is 0 Å². The topological polar surface area (TPSA) is 45.2 Å². The number of pyridine rings is 1. The van der Waals surface area contributed by atoms with Crippen molar-refractivity contribution in [2.45, 2.75) is 12.8 Å². The largest absolute Gasteiger partial charge is 0.285 e. The molecule has 0 bridgehead atoms. The van der Waals surface area contributed by atoms with Gasteiger partial charge in [-0.25, -0.2) is 9.99 Å². The number of hydrazine groups is 1. The number of carbonyl (C=O) groups is 1. The Kier molecular flexibility index (Phi) is 3.18. The quantitative estimate of drug-likeness (QED) is 0.776. The zero-order valence-electron chi connectivity index (χ0n) is 8.24. The van der Waals surface area contributed by atoms with E-state index >= 15 is 0 Å². The van der Waals surface area contributed by atoms with Gasteiger partial charge in [-0.05, 0) is 25.0 Å². The fourth-order valence-electron chi connectivity index (χ4n) is 1.59. The monoisotopic (exact) mass is 225 g/mol. The molecule has 1 fully saturated rings. The van der Waals surface area contributed by atoms with Gasteiger partial charge in [-0.1, -0.05) is 11.6 Å². The molecule has 2 heterocycles. The van der Waals surface area contributed by atoms with Crippen LogP contribution in [0.3, 0.4) is 0 Å². The summed E-state index contributed by atoms with van der Waals surface area (Å²) in [6, 6.07) is 3.37. The van der Waals surface area contributed by atoms with Gasteiger partial charge in [0.2, 0.25) is 0 Å². The Bertz CT molecular complexity index is 363. The van der Waals surface area contributed by atoms with Gasteiger partial charge in [-0.3, -0.25) is 10.2 Å². The third-order valence-electron chi connectivity index (χ3n) is 2.37. The number of carbonyl (C=O) groups excluding carboxylic acids is 1. The molecule has 1 aromatic rings. The number of rotatable bonds is 2. The maximum atomic E-state index is 11.7. The van der Waals surface area contributed by atoms with E-state index in [0.29, 0.717) is 5.56 Å². The van der Waals surface area contributed by atoms with E-state index in [1.807, 2.05) is 5.01 Å². The third-order valence-corrected chi connectivity index (χ3v) is 2.67. The predicted molar refractivity (Wildman–Crippen MR) is 57.5 cm³/mol. The molecule has 0 atom stereocenters. The standard InChI is InChI=1S/C10H12ClN3O/c11-9-8(4-3-5-12-9)10(15)13-14-6-1-2-7-14/h3-5H,1-2,6-7H2,(H,13,15). The van der Waals surface area contributed by atoms with Gasteiger partial charge in [0.15, 0.2) is 0 Å². The zero-order valence-corrected chi connectivity index (χ0v) is 9.00. The Morgan fingerprint density at radius 1 is 1.47 bits per heavy atom. The summed E-state index contributed by atoms with van der Waals surface area (Å²) in [6.07, 6.45) is 3.82. The second-order valence-electron chi connectivity index (χ2n) is 3.48. The van der Waals surface area contributed by atoms with Gasteiger partial charge in [-0.15, -0.1) is 0 Å². The lowest BCUT2D eigenvalue weighted by atomic mass is 10.3. The first-order valence-corrected chi connectivity index (χ1v) is 5.31. The zero-order chi connectivity index (χ0) is 10.7. The molecule has 1 aromatic heterocycles. The van der Waals surface area contributed by atoms with Crippen LogP contribution in [0.4, 0.5) is 0 Å². The van der Waals surface area contributed by atoms with E-state index in [4.69, 9.17) is 11.6 Å². The summed E-state index contributed by atoms with van der Waals surface area (Å²) >= 11 is 5.81. The first-order chi connectivity index (χ1) is 7.27. The highest BCUT2D eigenvalue weighted by Crippen LogP contribution is 2.12. The summed E-state index contributed by atoms with van der Waals surface area (Å²) in [6.45, 7) is 1.81. The molecule has 15 heavy (non-hydrogen) atoms. The minimum Gasteiger partial charge on any atom is -0.285 e. The van der Waals surface area contributed by atoms with Crippen LogP contribution in [0.15, 0.2) is 18.3 Å². The number of aromatic nitrogens is 1. The maximum absolute atomic E-state index is 11.7. The Balaban J connectivity index is 2.04. The van der Waals surface area contributed by atoms with Gasteiger partial charge in [0.1, 0.15) is 5.15 Å². The average Bonchev–Trinajstić information content (AvgIpc) is 2.71. The highest BCUT2D eigenvalue weighted by Gasteiger charge is 2.16. The van der Waals surface area contributed by atoms with E-state index < -0.39 is 0 Å². The molecule has 0 radical (unpaired) electrons. The van der Waals surface area contributed by atoms with Crippen molar-refractivity contribution >= 4 is 17.5 Å². The summed E-state index contributed by atoms with van der Waals surface area (Å²) in [5, 5.41) is 2.15. The molecule has 0 saturated carbocycles. The van der Waals surface area contributed by atoms with Crippen molar-refractivity contribution in [3.05, 3.63) is 29.0 Å². The molecule has 4 nitrogen and oxygen atoms in total. The number of nitrogens with zero attached hydrogens (tertiary/aromatic N) is 2. The smallest absolute Gasteiger partial charge is 0.268 e. The van der Waals surface area contributed by atoms with Crippen LogP contribution in [-0.2, 0) is 0 Å². The number of halogens is 1. The lowest BCUT2D eigenvalue weighted by Crippen LogP contribution is -2.40. The second kappa shape index (κ2) is 4.59. The average molecular weight is 226 g/mol. The maximum Gasteiger partial charge on any atom is 0.268 e. The Morgan fingerprint density at radius 2 is 2.20 bits per heavy atom.